The maximum atomic E-state index is 11.6. The molecule has 0 spiro atoms. The number of carbonyl (C=O) groups is 4. The van der Waals surface area contributed by atoms with Crippen molar-refractivity contribution < 1.29 is 38.9 Å². The molecule has 8 heteroatoms. The number of esters is 1. The number of carbonyl (C=O) groups excluding carboxylic acids is 2. The molecule has 144 valence electrons. The van der Waals surface area contributed by atoms with Crippen molar-refractivity contribution in [2.75, 3.05) is 0 Å². The number of carboxylic acids is 2. The maximum Gasteiger partial charge on any atom is 0.349 e. The summed E-state index contributed by atoms with van der Waals surface area (Å²) < 4.78 is 8.60. The van der Waals surface area contributed by atoms with Crippen molar-refractivity contribution in [3.8, 4) is 0 Å². The number of benzene rings is 1. The van der Waals surface area contributed by atoms with E-state index in [2.05, 4.69) is 41.7 Å². The second-order valence-corrected chi connectivity index (χ2v) is 4.87. The van der Waals surface area contributed by atoms with E-state index in [1.54, 1.807) is 0 Å². The molecule has 2 N–H and O–H groups in total. The van der Waals surface area contributed by atoms with Crippen LogP contribution in [0.15, 0.2) is 67.3 Å². The van der Waals surface area contributed by atoms with Gasteiger partial charge in [0, 0.05) is 0 Å². The number of rotatable bonds is 9. The van der Waals surface area contributed by atoms with Crippen LogP contribution >= 0.6 is 0 Å². The van der Waals surface area contributed by atoms with Crippen LogP contribution in [0.25, 0.3) is 0 Å². The van der Waals surface area contributed by atoms with Crippen molar-refractivity contribution in [2.24, 2.45) is 0 Å². The summed E-state index contributed by atoms with van der Waals surface area (Å²) in [7, 11) is 0. The molecule has 0 aliphatic heterocycles. The lowest BCUT2D eigenvalue weighted by molar-refractivity contribution is -0.181. The van der Waals surface area contributed by atoms with E-state index in [1.165, 1.54) is 17.7 Å². The van der Waals surface area contributed by atoms with Gasteiger partial charge in [0.2, 0.25) is 12.2 Å². The fourth-order valence-corrected chi connectivity index (χ4v) is 1.62. The molecular formula is C19H20O8. The maximum absolute atomic E-state index is 11.6. The Morgan fingerprint density at radius 3 is 1.93 bits per heavy atom. The summed E-state index contributed by atoms with van der Waals surface area (Å²) in [6, 6.07) is 10.3. The summed E-state index contributed by atoms with van der Waals surface area (Å²) in [4.78, 5) is 43.5. The molecule has 2 atom stereocenters. The van der Waals surface area contributed by atoms with Gasteiger partial charge in [0.1, 0.15) is 0 Å². The Morgan fingerprint density at radius 2 is 1.59 bits per heavy atom. The SMILES string of the molecule is C=C/C=C(\C=C)C(=O)OC(C(=O)O)C(OC=O)C(=O)O.Cc1ccccc1. The van der Waals surface area contributed by atoms with E-state index in [1.807, 2.05) is 18.2 Å². The Labute approximate surface area is 156 Å². The molecule has 1 aromatic carbocycles. The normalized spacial score (nSPS) is 12.3. The number of aliphatic carboxylic acids is 2. The van der Waals surface area contributed by atoms with Gasteiger partial charge in [-0.1, -0.05) is 61.2 Å². The molecule has 0 fully saturated rings. The minimum absolute atomic E-state index is 0.138. The molecule has 0 heterocycles. The van der Waals surface area contributed by atoms with Gasteiger partial charge in [-0.15, -0.1) is 0 Å². The fraction of sp³-hybridized carbons (Fsp3) is 0.158. The predicted octanol–water partition coefficient (Wildman–Crippen LogP) is 1.90. The predicted molar refractivity (Wildman–Crippen MR) is 95.7 cm³/mol. The average Bonchev–Trinajstić information content (AvgIpc) is 2.63. The van der Waals surface area contributed by atoms with Gasteiger partial charge >= 0.3 is 17.9 Å². The number of allylic oxidation sites excluding steroid dienone is 2. The standard InChI is InChI=1S/C12H12O8.C7H8/c1-3-5-7(4-2)12(18)20-9(11(16)17)8(10(14)15)19-6-13;1-7-5-3-2-4-6-7/h3-6,8-9H,1-2H2,(H,14,15)(H,16,17);2-6H,1H3/b7-5+;. The van der Waals surface area contributed by atoms with Gasteiger partial charge in [-0.25, -0.2) is 14.4 Å². The van der Waals surface area contributed by atoms with Crippen LogP contribution in [-0.4, -0.2) is 46.8 Å². The molecule has 0 aromatic heterocycles. The van der Waals surface area contributed by atoms with Gasteiger partial charge in [0.25, 0.3) is 6.47 Å². The van der Waals surface area contributed by atoms with Crippen LogP contribution in [0.2, 0.25) is 0 Å². The van der Waals surface area contributed by atoms with Crippen LogP contribution in [-0.2, 0) is 28.7 Å². The lowest BCUT2D eigenvalue weighted by Crippen LogP contribution is -2.44. The summed E-state index contributed by atoms with van der Waals surface area (Å²) in [5.41, 5.74) is 1.18. The largest absolute Gasteiger partial charge is 0.478 e. The third kappa shape index (κ3) is 8.82. The zero-order valence-electron chi connectivity index (χ0n) is 14.6. The smallest absolute Gasteiger partial charge is 0.349 e. The molecule has 0 saturated carbocycles. The first-order valence-corrected chi connectivity index (χ1v) is 7.51. The molecular weight excluding hydrogens is 356 g/mol. The van der Waals surface area contributed by atoms with Crippen molar-refractivity contribution >= 4 is 24.4 Å². The zero-order valence-corrected chi connectivity index (χ0v) is 14.6. The van der Waals surface area contributed by atoms with E-state index in [4.69, 9.17) is 10.2 Å². The average molecular weight is 376 g/mol. The molecule has 0 aliphatic carbocycles. The minimum Gasteiger partial charge on any atom is -0.478 e. The molecule has 0 aliphatic rings. The number of hydrogen-bond acceptors (Lipinski definition) is 6. The van der Waals surface area contributed by atoms with Crippen LogP contribution in [0.1, 0.15) is 5.56 Å². The Balaban J connectivity index is 0.000000797. The van der Waals surface area contributed by atoms with Crippen molar-refractivity contribution in [3.63, 3.8) is 0 Å². The summed E-state index contributed by atoms with van der Waals surface area (Å²) in [5.74, 6) is -4.70. The quantitative estimate of drug-likeness (QED) is 0.289. The molecule has 8 nitrogen and oxygen atoms in total. The van der Waals surface area contributed by atoms with Crippen molar-refractivity contribution in [1.82, 2.24) is 0 Å². The van der Waals surface area contributed by atoms with E-state index < -0.39 is 30.1 Å². The van der Waals surface area contributed by atoms with Crippen LogP contribution in [0.4, 0.5) is 0 Å². The molecule has 0 radical (unpaired) electrons. The van der Waals surface area contributed by atoms with Crippen LogP contribution in [0, 0.1) is 6.92 Å². The Bertz CT molecular complexity index is 706. The molecule has 0 amide bonds. The van der Waals surface area contributed by atoms with E-state index in [0.29, 0.717) is 0 Å². The van der Waals surface area contributed by atoms with Gasteiger partial charge < -0.3 is 19.7 Å². The topological polar surface area (TPSA) is 127 Å². The Hall–Kier alpha value is -3.68. The fourth-order valence-electron chi connectivity index (χ4n) is 1.62. The summed E-state index contributed by atoms with van der Waals surface area (Å²) in [5, 5.41) is 17.6. The first-order chi connectivity index (χ1) is 12.8. The molecule has 2 unspecified atom stereocenters. The molecule has 0 saturated heterocycles. The van der Waals surface area contributed by atoms with Crippen LogP contribution in [0.3, 0.4) is 0 Å². The van der Waals surface area contributed by atoms with E-state index in [9.17, 15) is 19.2 Å². The Kier molecular flexibility index (Phi) is 10.9. The summed E-state index contributed by atoms with van der Waals surface area (Å²) in [6.45, 7) is 8.46. The monoisotopic (exact) mass is 376 g/mol. The first-order valence-electron chi connectivity index (χ1n) is 7.51. The van der Waals surface area contributed by atoms with E-state index in [-0.39, 0.29) is 12.0 Å². The first kappa shape index (κ1) is 23.3. The van der Waals surface area contributed by atoms with E-state index >= 15 is 0 Å². The van der Waals surface area contributed by atoms with Crippen molar-refractivity contribution in [2.45, 2.75) is 19.1 Å². The molecule has 27 heavy (non-hydrogen) atoms. The highest BCUT2D eigenvalue weighted by Gasteiger charge is 2.39. The van der Waals surface area contributed by atoms with Crippen molar-refractivity contribution in [3.05, 3.63) is 72.9 Å². The highest BCUT2D eigenvalue weighted by atomic mass is 16.6. The van der Waals surface area contributed by atoms with Crippen LogP contribution < -0.4 is 0 Å². The van der Waals surface area contributed by atoms with Gasteiger partial charge in [-0.2, -0.15) is 0 Å². The summed E-state index contributed by atoms with van der Waals surface area (Å²) >= 11 is 0. The summed E-state index contributed by atoms with van der Waals surface area (Å²) in [6.07, 6.45) is -0.878. The van der Waals surface area contributed by atoms with Crippen molar-refractivity contribution in [1.29, 1.82) is 0 Å². The molecule has 1 rings (SSSR count). The lowest BCUT2D eigenvalue weighted by Gasteiger charge is -2.19. The number of ether oxygens (including phenoxy) is 2. The highest BCUT2D eigenvalue weighted by molar-refractivity contribution is 5.94. The van der Waals surface area contributed by atoms with E-state index in [0.717, 1.165) is 6.08 Å². The number of carboxylic acid groups (broad SMARTS) is 2. The van der Waals surface area contributed by atoms with Gasteiger partial charge in [-0.3, -0.25) is 4.79 Å². The lowest BCUT2D eigenvalue weighted by atomic mass is 10.2. The Morgan fingerprint density at radius 1 is 1.04 bits per heavy atom. The molecule has 1 aromatic rings. The number of hydrogen-bond donors (Lipinski definition) is 2. The third-order valence-electron chi connectivity index (χ3n) is 2.89. The van der Waals surface area contributed by atoms with Crippen LogP contribution in [0.5, 0.6) is 0 Å². The second-order valence-electron chi connectivity index (χ2n) is 4.87. The minimum atomic E-state index is -2.20. The van der Waals surface area contributed by atoms with Gasteiger partial charge in [-0.05, 0) is 13.0 Å². The highest BCUT2D eigenvalue weighted by Crippen LogP contribution is 2.10. The molecule has 0 bridgehead atoms. The number of aryl methyl sites for hydroxylation is 1. The third-order valence-corrected chi connectivity index (χ3v) is 2.89. The van der Waals surface area contributed by atoms with Gasteiger partial charge in [0.05, 0.1) is 5.57 Å². The second kappa shape index (κ2) is 12.6. The van der Waals surface area contributed by atoms with Gasteiger partial charge in [0.15, 0.2) is 0 Å². The zero-order chi connectivity index (χ0) is 20.8.